The lowest BCUT2D eigenvalue weighted by molar-refractivity contribution is 0.624. The van der Waals surface area contributed by atoms with Gasteiger partial charge in [-0.1, -0.05) is 0 Å². The van der Waals surface area contributed by atoms with Crippen molar-refractivity contribution in [2.75, 3.05) is 13.1 Å². The summed E-state index contributed by atoms with van der Waals surface area (Å²) in [4.78, 5) is 3.87. The third kappa shape index (κ3) is 1.10. The summed E-state index contributed by atoms with van der Waals surface area (Å²) in [6, 6.07) is 0.141. The van der Waals surface area contributed by atoms with Gasteiger partial charge in [0.15, 0.2) is 5.96 Å². The van der Waals surface area contributed by atoms with Crippen LogP contribution in [0, 0.1) is 0 Å². The van der Waals surface area contributed by atoms with Crippen LogP contribution in [0.4, 0.5) is 0 Å². The Morgan fingerprint density at radius 3 is 2.88 bits per heavy atom. The highest BCUT2D eigenvalue weighted by atomic mass is 15.1. The van der Waals surface area contributed by atoms with Crippen molar-refractivity contribution in [1.29, 1.82) is 0 Å². The monoisotopic (exact) mass is 114 g/mol. The summed E-state index contributed by atoms with van der Waals surface area (Å²) in [5, 5.41) is 2.83. The van der Waals surface area contributed by atoms with Crippen molar-refractivity contribution in [3.63, 3.8) is 0 Å². The van der Waals surface area contributed by atoms with Gasteiger partial charge in [0.25, 0.3) is 0 Å². The maximum absolute atomic E-state index is 5.47. The van der Waals surface area contributed by atoms with Gasteiger partial charge in [0.2, 0.25) is 0 Å². The SMILES string of the molecule is NC1=NCC(N)CN1. The summed E-state index contributed by atoms with van der Waals surface area (Å²) < 4.78 is 0. The molecule has 0 saturated carbocycles. The molecule has 1 rings (SSSR count). The van der Waals surface area contributed by atoms with Gasteiger partial charge in [-0.05, 0) is 0 Å². The lowest BCUT2D eigenvalue weighted by Gasteiger charge is -2.15. The molecule has 0 amide bonds. The molecular formula is C4H10N4. The molecule has 8 heavy (non-hydrogen) atoms. The van der Waals surface area contributed by atoms with Crippen LogP contribution in [0.15, 0.2) is 4.99 Å². The van der Waals surface area contributed by atoms with E-state index in [4.69, 9.17) is 11.5 Å². The molecule has 1 atom stereocenters. The first-order valence-electron chi connectivity index (χ1n) is 2.58. The minimum atomic E-state index is 0.141. The highest BCUT2D eigenvalue weighted by Crippen LogP contribution is 1.83. The highest BCUT2D eigenvalue weighted by Gasteiger charge is 2.06. The molecule has 0 spiro atoms. The normalized spacial score (nSPS) is 28.6. The Hall–Kier alpha value is -0.770. The fourth-order valence-electron chi connectivity index (χ4n) is 0.572. The number of guanidine groups is 1. The molecule has 1 aliphatic rings. The second kappa shape index (κ2) is 2.00. The fourth-order valence-corrected chi connectivity index (χ4v) is 0.572. The molecule has 0 bridgehead atoms. The summed E-state index contributed by atoms with van der Waals surface area (Å²) in [6.07, 6.45) is 0. The van der Waals surface area contributed by atoms with Crippen molar-refractivity contribution in [3.05, 3.63) is 0 Å². The molecule has 1 aliphatic heterocycles. The van der Waals surface area contributed by atoms with Gasteiger partial charge in [0.1, 0.15) is 0 Å². The predicted molar refractivity (Wildman–Crippen MR) is 32.5 cm³/mol. The van der Waals surface area contributed by atoms with E-state index in [0.717, 1.165) is 6.54 Å². The Labute approximate surface area is 48.0 Å². The van der Waals surface area contributed by atoms with Crippen LogP contribution in [0.3, 0.4) is 0 Å². The first-order chi connectivity index (χ1) is 3.79. The van der Waals surface area contributed by atoms with Gasteiger partial charge in [-0.3, -0.25) is 4.99 Å². The van der Waals surface area contributed by atoms with Crippen LogP contribution >= 0.6 is 0 Å². The number of hydrogen-bond acceptors (Lipinski definition) is 4. The van der Waals surface area contributed by atoms with Crippen LogP contribution in [0.25, 0.3) is 0 Å². The van der Waals surface area contributed by atoms with Gasteiger partial charge in [-0.15, -0.1) is 0 Å². The van der Waals surface area contributed by atoms with E-state index in [1.54, 1.807) is 0 Å². The van der Waals surface area contributed by atoms with Crippen molar-refractivity contribution < 1.29 is 0 Å². The molecule has 5 N–H and O–H groups in total. The Morgan fingerprint density at radius 1 is 1.75 bits per heavy atom. The van der Waals surface area contributed by atoms with Gasteiger partial charge in [0.05, 0.1) is 6.54 Å². The van der Waals surface area contributed by atoms with E-state index in [2.05, 4.69) is 10.3 Å². The topological polar surface area (TPSA) is 76.4 Å². The van der Waals surface area contributed by atoms with Gasteiger partial charge < -0.3 is 16.8 Å². The lowest BCUT2D eigenvalue weighted by Crippen LogP contribution is -2.46. The quantitative estimate of drug-likeness (QED) is 0.349. The molecule has 4 heteroatoms. The number of hydrogen-bond donors (Lipinski definition) is 3. The van der Waals surface area contributed by atoms with Crippen molar-refractivity contribution >= 4 is 5.96 Å². The van der Waals surface area contributed by atoms with E-state index >= 15 is 0 Å². The molecule has 46 valence electrons. The van der Waals surface area contributed by atoms with Crippen LogP contribution in [-0.2, 0) is 0 Å². The molecule has 4 nitrogen and oxygen atoms in total. The number of aliphatic imine (C=N–C) groups is 1. The van der Waals surface area contributed by atoms with Gasteiger partial charge in [-0.25, -0.2) is 0 Å². The zero-order valence-electron chi connectivity index (χ0n) is 4.59. The smallest absolute Gasteiger partial charge is 0.188 e. The summed E-state index contributed by atoms with van der Waals surface area (Å²) in [6.45, 7) is 1.40. The maximum atomic E-state index is 5.47. The van der Waals surface area contributed by atoms with Crippen LogP contribution in [0.1, 0.15) is 0 Å². The van der Waals surface area contributed by atoms with E-state index in [1.807, 2.05) is 0 Å². The molecule has 1 unspecified atom stereocenters. The molecule has 1 heterocycles. The average Bonchev–Trinajstić information content (AvgIpc) is 1.77. The Balaban J connectivity index is 2.42. The van der Waals surface area contributed by atoms with Gasteiger partial charge in [0, 0.05) is 12.6 Å². The summed E-state index contributed by atoms with van der Waals surface area (Å²) in [5.74, 6) is 0.506. The molecule has 0 fully saturated rings. The molecule has 0 aromatic carbocycles. The minimum absolute atomic E-state index is 0.141. The molecule has 0 radical (unpaired) electrons. The van der Waals surface area contributed by atoms with Crippen LogP contribution in [0.2, 0.25) is 0 Å². The molecule has 0 aromatic heterocycles. The standard InChI is InChI=1S/C4H10N4/c5-3-1-7-4(6)8-2-3/h3H,1-2,5H2,(H3,6,7,8). The van der Waals surface area contributed by atoms with E-state index < -0.39 is 0 Å². The number of rotatable bonds is 0. The second-order valence-electron chi connectivity index (χ2n) is 1.87. The second-order valence-corrected chi connectivity index (χ2v) is 1.87. The van der Waals surface area contributed by atoms with Crippen LogP contribution in [-0.4, -0.2) is 25.1 Å². The first-order valence-corrected chi connectivity index (χ1v) is 2.58. The van der Waals surface area contributed by atoms with E-state index in [0.29, 0.717) is 12.5 Å². The molecular weight excluding hydrogens is 104 g/mol. The predicted octanol–water partition coefficient (Wildman–Crippen LogP) is -1.77. The Bertz CT molecular complexity index is 109. The summed E-state index contributed by atoms with van der Waals surface area (Å²) in [7, 11) is 0. The van der Waals surface area contributed by atoms with E-state index in [1.165, 1.54) is 0 Å². The summed E-state index contributed by atoms with van der Waals surface area (Å²) in [5.41, 5.74) is 10.8. The molecule has 0 saturated heterocycles. The lowest BCUT2D eigenvalue weighted by atomic mass is 10.3. The van der Waals surface area contributed by atoms with E-state index in [-0.39, 0.29) is 6.04 Å². The summed E-state index contributed by atoms with van der Waals surface area (Å²) >= 11 is 0. The van der Waals surface area contributed by atoms with Crippen molar-refractivity contribution in [2.45, 2.75) is 6.04 Å². The Kier molecular flexibility index (Phi) is 1.34. The van der Waals surface area contributed by atoms with E-state index in [9.17, 15) is 0 Å². The number of nitrogens with zero attached hydrogens (tertiary/aromatic N) is 1. The maximum Gasteiger partial charge on any atom is 0.188 e. The third-order valence-corrected chi connectivity index (χ3v) is 1.04. The first kappa shape index (κ1) is 5.37. The largest absolute Gasteiger partial charge is 0.370 e. The van der Waals surface area contributed by atoms with Crippen molar-refractivity contribution in [3.8, 4) is 0 Å². The average molecular weight is 114 g/mol. The van der Waals surface area contributed by atoms with Crippen molar-refractivity contribution in [1.82, 2.24) is 5.32 Å². The number of nitrogens with two attached hydrogens (primary N) is 2. The van der Waals surface area contributed by atoms with Gasteiger partial charge in [-0.2, -0.15) is 0 Å². The highest BCUT2D eigenvalue weighted by molar-refractivity contribution is 5.78. The van der Waals surface area contributed by atoms with Crippen molar-refractivity contribution in [2.24, 2.45) is 16.5 Å². The molecule has 0 aliphatic carbocycles. The zero-order valence-corrected chi connectivity index (χ0v) is 4.59. The third-order valence-electron chi connectivity index (χ3n) is 1.04. The number of nitrogens with one attached hydrogen (secondary N) is 1. The Morgan fingerprint density at radius 2 is 2.50 bits per heavy atom. The zero-order chi connectivity index (χ0) is 5.98. The van der Waals surface area contributed by atoms with Crippen LogP contribution in [0.5, 0.6) is 0 Å². The fraction of sp³-hybridized carbons (Fsp3) is 0.750. The molecule has 0 aromatic rings. The van der Waals surface area contributed by atoms with Crippen LogP contribution < -0.4 is 16.8 Å². The van der Waals surface area contributed by atoms with Gasteiger partial charge >= 0.3 is 0 Å². The minimum Gasteiger partial charge on any atom is -0.370 e.